The molecule has 130 valence electrons. The number of benzene rings is 1. The Balaban J connectivity index is 1.50. The molecule has 0 atom stereocenters. The van der Waals surface area contributed by atoms with Crippen LogP contribution in [0.15, 0.2) is 55.0 Å². The van der Waals surface area contributed by atoms with Gasteiger partial charge in [0.1, 0.15) is 16.8 Å². The van der Waals surface area contributed by atoms with E-state index in [1.54, 1.807) is 6.07 Å². The molecule has 3 aromatic heterocycles. The third-order valence-corrected chi connectivity index (χ3v) is 4.23. The lowest BCUT2D eigenvalue weighted by Gasteiger charge is -2.08. The van der Waals surface area contributed by atoms with Crippen LogP contribution in [0, 0.1) is 5.82 Å². The number of aromatic amines is 1. The van der Waals surface area contributed by atoms with E-state index in [1.807, 2.05) is 18.3 Å². The van der Waals surface area contributed by atoms with Crippen LogP contribution in [-0.4, -0.2) is 26.5 Å². The minimum atomic E-state index is -0.445. The lowest BCUT2D eigenvalue weighted by atomic mass is 10.1. The molecule has 1 aromatic carbocycles. The maximum Gasteiger partial charge on any atom is 0.164 e. The molecule has 0 radical (unpaired) electrons. The summed E-state index contributed by atoms with van der Waals surface area (Å²) in [6.07, 6.45) is 5.48. The number of aromatic nitrogens is 4. The van der Waals surface area contributed by atoms with Gasteiger partial charge in [0.2, 0.25) is 0 Å². The summed E-state index contributed by atoms with van der Waals surface area (Å²) >= 11 is 6.09. The van der Waals surface area contributed by atoms with Gasteiger partial charge in [-0.1, -0.05) is 29.8 Å². The average Bonchev–Trinajstić information content (AvgIpc) is 3.05. The smallest absolute Gasteiger partial charge is 0.164 e. The first kappa shape index (κ1) is 16.5. The zero-order valence-electron chi connectivity index (χ0n) is 13.7. The highest BCUT2D eigenvalue weighted by molar-refractivity contribution is 6.29. The number of H-pyrrole nitrogens is 1. The molecule has 0 bridgehead atoms. The maximum absolute atomic E-state index is 13.4. The number of hydrogen-bond donors (Lipinski definition) is 2. The van der Waals surface area contributed by atoms with Gasteiger partial charge in [-0.25, -0.2) is 14.4 Å². The number of hydrogen-bond acceptors (Lipinski definition) is 4. The van der Waals surface area contributed by atoms with E-state index in [0.717, 1.165) is 18.1 Å². The predicted octanol–water partition coefficient (Wildman–Crippen LogP) is 4.47. The number of anilines is 1. The number of nitrogens with one attached hydrogen (secondary N) is 2. The van der Waals surface area contributed by atoms with Crippen LogP contribution in [0.25, 0.3) is 22.3 Å². The first-order valence-electron chi connectivity index (χ1n) is 8.13. The summed E-state index contributed by atoms with van der Waals surface area (Å²) in [5.41, 5.74) is 2.82. The van der Waals surface area contributed by atoms with Gasteiger partial charge in [-0.05, 0) is 24.1 Å². The van der Waals surface area contributed by atoms with Crippen molar-refractivity contribution >= 4 is 28.3 Å². The largest absolute Gasteiger partial charge is 0.370 e. The zero-order chi connectivity index (χ0) is 17.9. The molecule has 0 fully saturated rings. The lowest BCUT2D eigenvalue weighted by molar-refractivity contribution is 0.622. The van der Waals surface area contributed by atoms with Crippen molar-refractivity contribution < 1.29 is 4.39 Å². The summed E-state index contributed by atoms with van der Waals surface area (Å²) < 4.78 is 13.4. The molecule has 2 N–H and O–H groups in total. The Morgan fingerprint density at radius 3 is 2.88 bits per heavy atom. The maximum atomic E-state index is 13.4. The number of halogens is 2. The van der Waals surface area contributed by atoms with Gasteiger partial charge in [-0.3, -0.25) is 4.98 Å². The van der Waals surface area contributed by atoms with E-state index in [9.17, 15) is 4.39 Å². The Morgan fingerprint density at radius 2 is 2.00 bits per heavy atom. The predicted molar refractivity (Wildman–Crippen MR) is 101 cm³/mol. The van der Waals surface area contributed by atoms with Gasteiger partial charge in [0, 0.05) is 41.5 Å². The van der Waals surface area contributed by atoms with Gasteiger partial charge in [-0.15, -0.1) is 0 Å². The lowest BCUT2D eigenvalue weighted by Crippen LogP contribution is -2.07. The molecular formula is C19H15ClFN5. The van der Waals surface area contributed by atoms with Crippen molar-refractivity contribution in [1.29, 1.82) is 0 Å². The second-order valence-electron chi connectivity index (χ2n) is 5.83. The fourth-order valence-corrected chi connectivity index (χ4v) is 3.02. The summed E-state index contributed by atoms with van der Waals surface area (Å²) in [6.45, 7) is 0.677. The van der Waals surface area contributed by atoms with E-state index in [2.05, 4.69) is 37.4 Å². The van der Waals surface area contributed by atoms with E-state index >= 15 is 0 Å². The standard InChI is InChI=1S/C19H15ClFN5/c20-17-8-18(26-19(25-17)13-7-14(21)11-22-9-13)23-6-5-12-10-24-16-4-2-1-3-15(12)16/h1-4,7-11,24H,5-6H2,(H,23,25,26). The Morgan fingerprint density at radius 1 is 1.12 bits per heavy atom. The average molecular weight is 368 g/mol. The number of para-hydroxylation sites is 1. The SMILES string of the molecule is Fc1cncc(-c2nc(Cl)cc(NCCc3c[nH]c4ccccc34)n2)c1. The minimum Gasteiger partial charge on any atom is -0.370 e. The van der Waals surface area contributed by atoms with E-state index < -0.39 is 5.82 Å². The van der Waals surface area contributed by atoms with Gasteiger partial charge in [-0.2, -0.15) is 0 Å². The van der Waals surface area contributed by atoms with E-state index in [0.29, 0.717) is 23.8 Å². The first-order valence-corrected chi connectivity index (χ1v) is 8.51. The van der Waals surface area contributed by atoms with Crippen LogP contribution in [0.3, 0.4) is 0 Å². The fraction of sp³-hybridized carbons (Fsp3) is 0.105. The number of rotatable bonds is 5. The zero-order valence-corrected chi connectivity index (χ0v) is 14.5. The van der Waals surface area contributed by atoms with Gasteiger partial charge in [0.25, 0.3) is 0 Å². The second kappa shape index (κ2) is 7.09. The molecule has 0 saturated carbocycles. The molecule has 0 unspecified atom stereocenters. The highest BCUT2D eigenvalue weighted by Gasteiger charge is 2.08. The second-order valence-corrected chi connectivity index (χ2v) is 6.21. The summed E-state index contributed by atoms with van der Waals surface area (Å²) in [5.74, 6) is 0.475. The van der Waals surface area contributed by atoms with Gasteiger partial charge in [0.15, 0.2) is 5.82 Å². The van der Waals surface area contributed by atoms with Crippen molar-refractivity contribution in [1.82, 2.24) is 19.9 Å². The van der Waals surface area contributed by atoms with Crippen LogP contribution in [0.1, 0.15) is 5.56 Å². The quantitative estimate of drug-likeness (QED) is 0.511. The molecule has 0 saturated heterocycles. The molecule has 7 heteroatoms. The molecule has 5 nitrogen and oxygen atoms in total. The Labute approximate surface area is 154 Å². The van der Waals surface area contributed by atoms with E-state index in [1.165, 1.54) is 23.2 Å². The Bertz CT molecular complexity index is 1060. The molecule has 4 rings (SSSR count). The van der Waals surface area contributed by atoms with E-state index in [-0.39, 0.29) is 5.15 Å². The summed E-state index contributed by atoms with van der Waals surface area (Å²) in [5, 5.41) is 4.75. The summed E-state index contributed by atoms with van der Waals surface area (Å²) in [4.78, 5) is 15.6. The van der Waals surface area contributed by atoms with Gasteiger partial charge in [0.05, 0.1) is 6.20 Å². The van der Waals surface area contributed by atoms with Crippen molar-refractivity contribution in [2.45, 2.75) is 6.42 Å². The van der Waals surface area contributed by atoms with Crippen molar-refractivity contribution in [3.8, 4) is 11.4 Å². The third kappa shape index (κ3) is 3.50. The van der Waals surface area contributed by atoms with Gasteiger partial charge < -0.3 is 10.3 Å². The molecule has 26 heavy (non-hydrogen) atoms. The van der Waals surface area contributed by atoms with Crippen LogP contribution in [0.5, 0.6) is 0 Å². The molecule has 0 aliphatic heterocycles. The number of pyridine rings is 1. The monoisotopic (exact) mass is 367 g/mol. The Hall–Kier alpha value is -2.99. The summed E-state index contributed by atoms with van der Waals surface area (Å²) in [6, 6.07) is 11.2. The van der Waals surface area contributed by atoms with E-state index in [4.69, 9.17) is 11.6 Å². The van der Waals surface area contributed by atoms with Crippen molar-refractivity contribution in [3.63, 3.8) is 0 Å². The molecule has 3 heterocycles. The van der Waals surface area contributed by atoms with Crippen molar-refractivity contribution in [3.05, 3.63) is 71.5 Å². The number of nitrogens with zero attached hydrogens (tertiary/aromatic N) is 3. The Kier molecular flexibility index (Phi) is 4.50. The minimum absolute atomic E-state index is 0.286. The molecule has 0 aliphatic rings. The molecule has 0 spiro atoms. The van der Waals surface area contributed by atoms with Crippen LogP contribution >= 0.6 is 11.6 Å². The number of fused-ring (bicyclic) bond motifs is 1. The molecule has 4 aromatic rings. The normalized spacial score (nSPS) is 11.0. The molecule has 0 amide bonds. The van der Waals surface area contributed by atoms with Crippen molar-refractivity contribution in [2.24, 2.45) is 0 Å². The summed E-state index contributed by atoms with van der Waals surface area (Å²) in [7, 11) is 0. The highest BCUT2D eigenvalue weighted by Crippen LogP contribution is 2.21. The molecular weight excluding hydrogens is 353 g/mol. The van der Waals surface area contributed by atoms with Crippen molar-refractivity contribution in [2.75, 3.05) is 11.9 Å². The first-order chi connectivity index (χ1) is 12.7. The van der Waals surface area contributed by atoms with Crippen LogP contribution in [0.2, 0.25) is 5.15 Å². The van der Waals surface area contributed by atoms with Crippen LogP contribution in [-0.2, 0) is 6.42 Å². The molecule has 0 aliphatic carbocycles. The third-order valence-electron chi connectivity index (χ3n) is 4.03. The topological polar surface area (TPSA) is 66.5 Å². The highest BCUT2D eigenvalue weighted by atomic mass is 35.5. The van der Waals surface area contributed by atoms with Crippen LogP contribution in [0.4, 0.5) is 10.2 Å². The van der Waals surface area contributed by atoms with Gasteiger partial charge >= 0.3 is 0 Å². The fourth-order valence-electron chi connectivity index (χ4n) is 2.84. The van der Waals surface area contributed by atoms with Crippen LogP contribution < -0.4 is 5.32 Å².